The first-order valence-corrected chi connectivity index (χ1v) is 12.8. The lowest BCUT2D eigenvalue weighted by atomic mass is 10.0. The number of halogens is 1. The lowest BCUT2D eigenvalue weighted by Crippen LogP contribution is -2.56. The summed E-state index contributed by atoms with van der Waals surface area (Å²) in [5, 5.41) is 19.6. The summed E-state index contributed by atoms with van der Waals surface area (Å²) in [5.41, 5.74) is 1.94. The molecule has 3 N–H and O–H groups in total. The van der Waals surface area contributed by atoms with Gasteiger partial charge in [-0.3, -0.25) is 24.5 Å². The van der Waals surface area contributed by atoms with E-state index in [1.165, 1.54) is 23.1 Å². The molecule has 11 heteroatoms. The fourth-order valence-corrected chi connectivity index (χ4v) is 5.15. The van der Waals surface area contributed by atoms with E-state index in [-0.39, 0.29) is 35.8 Å². The lowest BCUT2D eigenvalue weighted by molar-refractivity contribution is -0.384. The van der Waals surface area contributed by atoms with E-state index in [9.17, 15) is 28.9 Å². The number of carbonyl (C=O) groups excluding carboxylic acids is 3. The van der Waals surface area contributed by atoms with Gasteiger partial charge in [0.05, 0.1) is 17.0 Å². The minimum atomic E-state index is -0.963. The first kappa shape index (κ1) is 27.2. The summed E-state index contributed by atoms with van der Waals surface area (Å²) < 4.78 is 14.1. The van der Waals surface area contributed by atoms with Crippen LogP contribution < -0.4 is 16.0 Å². The third kappa shape index (κ3) is 5.83. The number of amides is 3. The van der Waals surface area contributed by atoms with Crippen LogP contribution in [0.5, 0.6) is 0 Å². The van der Waals surface area contributed by atoms with E-state index in [0.29, 0.717) is 43.4 Å². The topological polar surface area (TPSA) is 134 Å². The minimum Gasteiger partial charge on any atom is -0.347 e. The number of nitro benzene ring substituents is 1. The Hall–Kier alpha value is -3.86. The number of rotatable bonds is 9. The highest BCUT2D eigenvalue weighted by Crippen LogP contribution is 2.33. The maximum Gasteiger partial charge on any atom is 0.269 e. The van der Waals surface area contributed by atoms with E-state index >= 15 is 0 Å². The third-order valence-electron chi connectivity index (χ3n) is 7.40. The summed E-state index contributed by atoms with van der Waals surface area (Å²) in [7, 11) is 1.63. The fourth-order valence-electron chi connectivity index (χ4n) is 5.15. The Balaban J connectivity index is 1.50. The fraction of sp³-hybridized carbons (Fsp3) is 0.444. The Morgan fingerprint density at radius 2 is 1.89 bits per heavy atom. The van der Waals surface area contributed by atoms with E-state index < -0.39 is 29.0 Å². The smallest absolute Gasteiger partial charge is 0.269 e. The number of likely N-dealkylation sites (tertiary alicyclic amines) is 1. The van der Waals surface area contributed by atoms with Crippen molar-refractivity contribution < 1.29 is 23.7 Å². The first-order chi connectivity index (χ1) is 18.2. The van der Waals surface area contributed by atoms with Gasteiger partial charge in [-0.15, -0.1) is 0 Å². The molecule has 1 aliphatic carbocycles. The molecule has 1 heterocycles. The molecule has 0 saturated carbocycles. The van der Waals surface area contributed by atoms with Crippen molar-refractivity contribution in [1.82, 2.24) is 20.9 Å². The monoisotopic (exact) mass is 525 g/mol. The van der Waals surface area contributed by atoms with Crippen molar-refractivity contribution in [2.75, 3.05) is 13.6 Å². The minimum absolute atomic E-state index is 0.0749. The second-order valence-electron chi connectivity index (χ2n) is 9.80. The van der Waals surface area contributed by atoms with Crippen LogP contribution in [0.1, 0.15) is 48.9 Å². The van der Waals surface area contributed by atoms with Gasteiger partial charge in [-0.1, -0.05) is 24.3 Å². The number of fused-ring (bicyclic) bond motifs is 1. The van der Waals surface area contributed by atoms with Gasteiger partial charge in [0.25, 0.3) is 5.69 Å². The van der Waals surface area contributed by atoms with E-state index in [4.69, 9.17) is 0 Å². The van der Waals surface area contributed by atoms with E-state index in [1.807, 2.05) is 6.07 Å². The summed E-state index contributed by atoms with van der Waals surface area (Å²) in [6.07, 6.45) is 2.34. The van der Waals surface area contributed by atoms with Crippen molar-refractivity contribution in [3.05, 3.63) is 75.1 Å². The Bertz CT molecular complexity index is 1220. The van der Waals surface area contributed by atoms with Crippen LogP contribution in [0.3, 0.4) is 0 Å². The van der Waals surface area contributed by atoms with Gasteiger partial charge < -0.3 is 20.9 Å². The predicted molar refractivity (Wildman–Crippen MR) is 138 cm³/mol. The van der Waals surface area contributed by atoms with Gasteiger partial charge in [-0.25, -0.2) is 4.39 Å². The number of nitro groups is 1. The molecule has 0 radical (unpaired) electrons. The number of hydrogen-bond acceptors (Lipinski definition) is 6. The second-order valence-corrected chi connectivity index (χ2v) is 9.80. The molecule has 2 aromatic carbocycles. The molecule has 3 amide bonds. The molecule has 38 heavy (non-hydrogen) atoms. The maximum absolute atomic E-state index is 14.1. The lowest BCUT2D eigenvalue weighted by Gasteiger charge is -2.30. The molecule has 1 unspecified atom stereocenters. The molecule has 0 bridgehead atoms. The largest absolute Gasteiger partial charge is 0.347 e. The Kier molecular flexibility index (Phi) is 8.35. The van der Waals surface area contributed by atoms with Crippen molar-refractivity contribution in [3.63, 3.8) is 0 Å². The molecule has 2 aromatic rings. The first-order valence-electron chi connectivity index (χ1n) is 12.8. The summed E-state index contributed by atoms with van der Waals surface area (Å²) in [6.45, 7) is 2.03. The number of nitrogens with zero attached hydrogens (tertiary/aromatic N) is 2. The highest BCUT2D eigenvalue weighted by molar-refractivity contribution is 5.93. The van der Waals surface area contributed by atoms with E-state index in [2.05, 4.69) is 16.0 Å². The molecule has 1 saturated heterocycles. The number of likely N-dealkylation sites (N-methyl/N-ethyl adjacent to an activating group) is 1. The maximum atomic E-state index is 14.1. The molecule has 4 atom stereocenters. The summed E-state index contributed by atoms with van der Waals surface area (Å²) >= 11 is 0. The van der Waals surface area contributed by atoms with Crippen LogP contribution in [0.4, 0.5) is 10.1 Å². The number of nitrogens with one attached hydrogen (secondary N) is 3. The molecule has 0 aromatic heterocycles. The molecule has 4 rings (SSSR count). The third-order valence-corrected chi connectivity index (χ3v) is 7.40. The standard InChI is InChI=1S/C27H32FN5O5/c1-16(29-2)25(34)31-23(15-17-8-10-18(11-9-17)33(37)38)27(36)32-14-4-7-24(32)26(35)30-22-13-12-19-20(22)5-3-6-21(19)28/h3,5-6,8-11,16,22-24,29H,4,7,12-15H2,1-2H3,(H,30,35)(H,31,34)/t16-,22?,23-,24-/m0/s1. The van der Waals surface area contributed by atoms with Crippen molar-refractivity contribution in [2.24, 2.45) is 0 Å². The molecule has 10 nitrogen and oxygen atoms in total. The quantitative estimate of drug-likeness (QED) is 0.339. The Morgan fingerprint density at radius 3 is 2.58 bits per heavy atom. The molecule has 1 aliphatic heterocycles. The summed E-state index contributed by atoms with van der Waals surface area (Å²) in [6, 6.07) is 8.11. The second kappa shape index (κ2) is 11.7. The van der Waals surface area contributed by atoms with Crippen LogP contribution in [-0.4, -0.2) is 59.3 Å². The van der Waals surface area contributed by atoms with Gasteiger partial charge in [-0.2, -0.15) is 0 Å². The number of hydrogen-bond donors (Lipinski definition) is 3. The van der Waals surface area contributed by atoms with Gasteiger partial charge >= 0.3 is 0 Å². The van der Waals surface area contributed by atoms with Crippen LogP contribution in [0.25, 0.3) is 0 Å². The van der Waals surface area contributed by atoms with Crippen molar-refractivity contribution in [1.29, 1.82) is 0 Å². The molecule has 1 fully saturated rings. The van der Waals surface area contributed by atoms with Crippen LogP contribution >= 0.6 is 0 Å². The van der Waals surface area contributed by atoms with Crippen LogP contribution in [0.2, 0.25) is 0 Å². The Labute approximate surface area is 220 Å². The zero-order chi connectivity index (χ0) is 27.4. The zero-order valence-electron chi connectivity index (χ0n) is 21.4. The summed E-state index contributed by atoms with van der Waals surface area (Å²) in [5.74, 6) is -1.35. The Morgan fingerprint density at radius 1 is 1.16 bits per heavy atom. The van der Waals surface area contributed by atoms with Gasteiger partial charge in [0.1, 0.15) is 17.9 Å². The molecule has 0 spiro atoms. The average Bonchev–Trinajstić information content (AvgIpc) is 3.56. The number of non-ortho nitro benzene ring substituents is 1. The van der Waals surface area contributed by atoms with Gasteiger partial charge in [0, 0.05) is 25.1 Å². The van der Waals surface area contributed by atoms with Crippen molar-refractivity contribution in [2.45, 2.75) is 63.2 Å². The number of carbonyl (C=O) groups is 3. The highest BCUT2D eigenvalue weighted by Gasteiger charge is 2.39. The molecular formula is C27H32FN5O5. The van der Waals surface area contributed by atoms with Crippen molar-refractivity contribution >= 4 is 23.4 Å². The molecular weight excluding hydrogens is 493 g/mol. The predicted octanol–water partition coefficient (Wildman–Crippen LogP) is 2.16. The van der Waals surface area contributed by atoms with Crippen LogP contribution in [-0.2, 0) is 27.2 Å². The van der Waals surface area contributed by atoms with Crippen molar-refractivity contribution in [3.8, 4) is 0 Å². The van der Waals surface area contributed by atoms with Gasteiger partial charge in [0.2, 0.25) is 17.7 Å². The summed E-state index contributed by atoms with van der Waals surface area (Å²) in [4.78, 5) is 51.7. The van der Waals surface area contributed by atoms with Crippen LogP contribution in [0, 0.1) is 15.9 Å². The van der Waals surface area contributed by atoms with E-state index in [1.54, 1.807) is 32.2 Å². The van der Waals surface area contributed by atoms with Crippen LogP contribution in [0.15, 0.2) is 42.5 Å². The molecule has 202 valence electrons. The number of benzene rings is 2. The highest BCUT2D eigenvalue weighted by atomic mass is 19.1. The normalized spacial score (nSPS) is 19.9. The van der Waals surface area contributed by atoms with E-state index in [0.717, 1.165) is 5.56 Å². The zero-order valence-corrected chi connectivity index (χ0v) is 21.4. The molecule has 2 aliphatic rings. The van der Waals surface area contributed by atoms with Gasteiger partial charge in [-0.05, 0) is 62.4 Å². The van der Waals surface area contributed by atoms with Gasteiger partial charge in [0.15, 0.2) is 0 Å². The average molecular weight is 526 g/mol. The SMILES string of the molecule is CN[C@@H](C)C(=O)N[C@@H](Cc1ccc([N+](=O)[O-])cc1)C(=O)N1CCC[C@H]1C(=O)NC1CCc2c(F)cccc21.